The minimum atomic E-state index is -0.235. The first-order chi connectivity index (χ1) is 7.60. The topological polar surface area (TPSA) is 50.1 Å². The van der Waals surface area contributed by atoms with Crippen LogP contribution in [0.2, 0.25) is 0 Å². The Kier molecular flexibility index (Phi) is 5.48. The molecule has 1 aromatic carbocycles. The predicted molar refractivity (Wildman–Crippen MR) is 76.9 cm³/mol. The molecule has 16 heavy (non-hydrogen) atoms. The van der Waals surface area contributed by atoms with Crippen LogP contribution in [0.1, 0.15) is 18.1 Å². The summed E-state index contributed by atoms with van der Waals surface area (Å²) in [6.07, 6.45) is 0.258. The van der Waals surface area contributed by atoms with Crippen molar-refractivity contribution in [2.45, 2.75) is 13.3 Å². The van der Waals surface area contributed by atoms with Gasteiger partial charge in [-0.25, -0.2) is 0 Å². The molecular weight excluding hydrogens is 432 g/mol. The predicted octanol–water partition coefficient (Wildman–Crippen LogP) is 2.87. The van der Waals surface area contributed by atoms with Crippen LogP contribution < -0.4 is 0 Å². The largest absolute Gasteiger partial charge is 0.466 e. The molecule has 0 amide bonds. The summed E-state index contributed by atoms with van der Waals surface area (Å²) < 4.78 is 6.73. The maximum Gasteiger partial charge on any atom is 0.310 e. The average Bonchev–Trinajstić information content (AvgIpc) is 2.25. The van der Waals surface area contributed by atoms with Gasteiger partial charge in [0, 0.05) is 7.14 Å². The van der Waals surface area contributed by atoms with Gasteiger partial charge in [0.15, 0.2) is 0 Å². The van der Waals surface area contributed by atoms with Gasteiger partial charge >= 0.3 is 5.97 Å². The molecule has 84 valence electrons. The number of nitriles is 1. The van der Waals surface area contributed by atoms with Crippen LogP contribution >= 0.6 is 45.2 Å². The summed E-state index contributed by atoms with van der Waals surface area (Å²) in [5, 5.41) is 8.85. The minimum absolute atomic E-state index is 0.235. The fourth-order valence-corrected chi connectivity index (χ4v) is 2.49. The maximum absolute atomic E-state index is 11.3. The average molecular weight is 441 g/mol. The van der Waals surface area contributed by atoms with E-state index < -0.39 is 0 Å². The van der Waals surface area contributed by atoms with Gasteiger partial charge in [0.25, 0.3) is 0 Å². The molecule has 0 saturated heterocycles. The van der Waals surface area contributed by atoms with E-state index in [1.165, 1.54) is 0 Å². The zero-order valence-corrected chi connectivity index (χ0v) is 12.9. The van der Waals surface area contributed by atoms with Crippen molar-refractivity contribution >= 4 is 51.2 Å². The summed E-state index contributed by atoms with van der Waals surface area (Å²) in [6.45, 7) is 2.17. The molecule has 0 aliphatic rings. The zero-order valence-electron chi connectivity index (χ0n) is 8.59. The molecule has 0 saturated carbocycles. The van der Waals surface area contributed by atoms with Gasteiger partial charge in [0.05, 0.1) is 18.6 Å². The molecule has 0 bridgehead atoms. The van der Waals surface area contributed by atoms with Crippen LogP contribution in [0.3, 0.4) is 0 Å². The molecule has 0 aromatic heterocycles. The first kappa shape index (κ1) is 13.7. The highest BCUT2D eigenvalue weighted by Crippen LogP contribution is 2.23. The number of carbonyl (C=O) groups is 1. The van der Waals surface area contributed by atoms with Gasteiger partial charge < -0.3 is 4.74 Å². The number of hydrogen-bond donors (Lipinski definition) is 0. The van der Waals surface area contributed by atoms with Crippen molar-refractivity contribution in [1.82, 2.24) is 0 Å². The standard InChI is InChI=1S/C11H9I2NO2/c1-2-16-9(15)5-7-3-4-8(6-14)11(13)10(7)12/h3-4H,2,5H2,1H3. The van der Waals surface area contributed by atoms with E-state index in [2.05, 4.69) is 51.3 Å². The van der Waals surface area contributed by atoms with Crippen LogP contribution in [0.15, 0.2) is 12.1 Å². The number of hydrogen-bond acceptors (Lipinski definition) is 3. The molecule has 0 N–H and O–H groups in total. The Morgan fingerprint density at radius 3 is 2.69 bits per heavy atom. The second-order valence-electron chi connectivity index (χ2n) is 2.99. The third-order valence-electron chi connectivity index (χ3n) is 1.92. The van der Waals surface area contributed by atoms with Crippen LogP contribution in [0, 0.1) is 18.5 Å². The highest BCUT2D eigenvalue weighted by Gasteiger charge is 2.12. The van der Waals surface area contributed by atoms with E-state index >= 15 is 0 Å². The molecule has 0 atom stereocenters. The lowest BCUT2D eigenvalue weighted by Gasteiger charge is -2.07. The summed E-state index contributed by atoms with van der Waals surface area (Å²) in [5.41, 5.74) is 1.54. The van der Waals surface area contributed by atoms with E-state index in [4.69, 9.17) is 10.00 Å². The molecule has 0 heterocycles. The smallest absolute Gasteiger partial charge is 0.310 e. The van der Waals surface area contributed by atoms with Crippen molar-refractivity contribution in [2.24, 2.45) is 0 Å². The second-order valence-corrected chi connectivity index (χ2v) is 5.15. The van der Waals surface area contributed by atoms with Gasteiger partial charge in [-0.1, -0.05) is 6.07 Å². The third kappa shape index (κ3) is 3.31. The fourth-order valence-electron chi connectivity index (χ4n) is 1.18. The van der Waals surface area contributed by atoms with Crippen LogP contribution in [0.4, 0.5) is 0 Å². The second kappa shape index (κ2) is 6.39. The number of benzene rings is 1. The van der Waals surface area contributed by atoms with E-state index in [0.29, 0.717) is 12.2 Å². The van der Waals surface area contributed by atoms with Crippen molar-refractivity contribution in [3.63, 3.8) is 0 Å². The van der Waals surface area contributed by atoms with Gasteiger partial charge in [0.2, 0.25) is 0 Å². The molecule has 0 unspecified atom stereocenters. The first-order valence-electron chi connectivity index (χ1n) is 4.62. The van der Waals surface area contributed by atoms with E-state index in [0.717, 1.165) is 12.7 Å². The molecule has 0 fully saturated rings. The SMILES string of the molecule is CCOC(=O)Cc1ccc(C#N)c(I)c1I. The quantitative estimate of drug-likeness (QED) is 0.536. The van der Waals surface area contributed by atoms with Crippen LogP contribution in [-0.2, 0) is 16.0 Å². The molecular formula is C11H9I2NO2. The lowest BCUT2D eigenvalue weighted by atomic mass is 10.1. The Morgan fingerprint density at radius 2 is 2.12 bits per heavy atom. The number of esters is 1. The summed E-state index contributed by atoms with van der Waals surface area (Å²) in [5.74, 6) is -0.235. The maximum atomic E-state index is 11.3. The van der Waals surface area contributed by atoms with Crippen molar-refractivity contribution in [1.29, 1.82) is 5.26 Å². The van der Waals surface area contributed by atoms with Crippen LogP contribution in [0.25, 0.3) is 0 Å². The van der Waals surface area contributed by atoms with Gasteiger partial charge in [-0.3, -0.25) is 4.79 Å². The van der Waals surface area contributed by atoms with Gasteiger partial charge in [-0.15, -0.1) is 0 Å². The number of halogens is 2. The van der Waals surface area contributed by atoms with Gasteiger partial charge in [-0.05, 0) is 63.7 Å². The summed E-state index contributed by atoms with van der Waals surface area (Å²) in [4.78, 5) is 11.3. The van der Waals surface area contributed by atoms with E-state index in [-0.39, 0.29) is 12.4 Å². The zero-order chi connectivity index (χ0) is 12.1. The lowest BCUT2D eigenvalue weighted by Crippen LogP contribution is -2.09. The normalized spacial score (nSPS) is 9.62. The van der Waals surface area contributed by atoms with E-state index in [1.807, 2.05) is 0 Å². The van der Waals surface area contributed by atoms with Crippen LogP contribution in [-0.4, -0.2) is 12.6 Å². The summed E-state index contributed by atoms with van der Waals surface area (Å²) in [7, 11) is 0. The monoisotopic (exact) mass is 441 g/mol. The third-order valence-corrected chi connectivity index (χ3v) is 5.31. The Morgan fingerprint density at radius 1 is 1.44 bits per heavy atom. The lowest BCUT2D eigenvalue weighted by molar-refractivity contribution is -0.142. The van der Waals surface area contributed by atoms with E-state index in [9.17, 15) is 4.79 Å². The van der Waals surface area contributed by atoms with Crippen molar-refractivity contribution in [2.75, 3.05) is 6.61 Å². The highest BCUT2D eigenvalue weighted by atomic mass is 127. The minimum Gasteiger partial charge on any atom is -0.466 e. The van der Waals surface area contributed by atoms with Crippen LogP contribution in [0.5, 0.6) is 0 Å². The highest BCUT2D eigenvalue weighted by molar-refractivity contribution is 14.1. The first-order valence-corrected chi connectivity index (χ1v) is 6.78. The summed E-state index contributed by atoms with van der Waals surface area (Å²) in [6, 6.07) is 5.65. The Hall–Kier alpha value is -0.360. The number of ether oxygens (including phenoxy) is 1. The molecule has 0 aliphatic carbocycles. The van der Waals surface area contributed by atoms with E-state index in [1.54, 1.807) is 19.1 Å². The van der Waals surface area contributed by atoms with Crippen molar-refractivity contribution < 1.29 is 9.53 Å². The molecule has 0 spiro atoms. The van der Waals surface area contributed by atoms with Crippen molar-refractivity contribution in [3.8, 4) is 6.07 Å². The number of nitrogens with zero attached hydrogens (tertiary/aromatic N) is 1. The Balaban J connectivity index is 2.96. The molecule has 1 aromatic rings. The number of carbonyl (C=O) groups excluding carboxylic acids is 1. The molecule has 5 heteroatoms. The van der Waals surface area contributed by atoms with Crippen molar-refractivity contribution in [3.05, 3.63) is 30.4 Å². The molecule has 3 nitrogen and oxygen atoms in total. The van der Waals surface area contributed by atoms with Gasteiger partial charge in [0.1, 0.15) is 6.07 Å². The Bertz CT molecular complexity index is 452. The van der Waals surface area contributed by atoms with Gasteiger partial charge in [-0.2, -0.15) is 5.26 Å². The molecule has 1 rings (SSSR count). The number of rotatable bonds is 3. The Labute approximate surface area is 121 Å². The summed E-state index contributed by atoms with van der Waals surface area (Å²) >= 11 is 4.27. The molecule has 0 aliphatic heterocycles. The fraction of sp³-hybridized carbons (Fsp3) is 0.273. The molecule has 0 radical (unpaired) electrons.